The maximum absolute atomic E-state index is 13.0. The van der Waals surface area contributed by atoms with E-state index in [4.69, 9.17) is 0 Å². The Morgan fingerprint density at radius 3 is 2.56 bits per heavy atom. The molecule has 0 N–H and O–H groups in total. The first-order valence-corrected chi connectivity index (χ1v) is 5.10. The molecule has 0 heterocycles. The number of anilines is 1. The molecule has 1 aromatic rings. The predicted octanol–water partition coefficient (Wildman–Crippen LogP) is 2.16. The highest BCUT2D eigenvalue weighted by Gasteiger charge is 2.15. The van der Waals surface area contributed by atoms with Gasteiger partial charge in [-0.1, -0.05) is 6.07 Å². The summed E-state index contributed by atoms with van der Waals surface area (Å²) in [6.07, 6.45) is -0.148. The first kappa shape index (κ1) is 12.4. The van der Waals surface area contributed by atoms with E-state index in [1.165, 1.54) is 30.0 Å². The third-order valence-electron chi connectivity index (χ3n) is 2.14. The molecule has 0 fully saturated rings. The molecule has 0 aliphatic carbocycles. The van der Waals surface area contributed by atoms with Gasteiger partial charge in [0, 0.05) is 12.2 Å². The van der Waals surface area contributed by atoms with Gasteiger partial charge in [0.2, 0.25) is 5.91 Å². The van der Waals surface area contributed by atoms with E-state index in [0.717, 1.165) is 0 Å². The highest BCUT2D eigenvalue weighted by Crippen LogP contribution is 2.16. The molecule has 0 spiro atoms. The first-order chi connectivity index (χ1) is 7.54. The summed E-state index contributed by atoms with van der Waals surface area (Å²) in [5, 5.41) is 0. The molecule has 16 heavy (non-hydrogen) atoms. The number of Topliss-reactive ketones (excluding diaryl/α,β-unsaturated/α-hetero) is 1. The summed E-state index contributed by atoms with van der Waals surface area (Å²) in [7, 11) is 0. The number of ketones is 1. The maximum Gasteiger partial charge on any atom is 0.234 e. The number of carbonyl (C=O) groups is 2. The largest absolute Gasteiger partial charge is 0.312 e. The van der Waals surface area contributed by atoms with E-state index in [0.29, 0.717) is 12.2 Å². The molecule has 4 heteroatoms. The van der Waals surface area contributed by atoms with E-state index < -0.39 is 5.82 Å². The van der Waals surface area contributed by atoms with Gasteiger partial charge in [-0.25, -0.2) is 4.39 Å². The molecule has 0 unspecified atom stereocenters. The molecule has 1 amide bonds. The molecule has 0 aliphatic heterocycles. The van der Waals surface area contributed by atoms with E-state index in [9.17, 15) is 14.0 Å². The maximum atomic E-state index is 13.0. The van der Waals surface area contributed by atoms with Crippen LogP contribution in [0, 0.1) is 5.82 Å². The van der Waals surface area contributed by atoms with Gasteiger partial charge in [-0.15, -0.1) is 0 Å². The number of hydrogen-bond acceptors (Lipinski definition) is 2. The second-order valence-electron chi connectivity index (χ2n) is 3.50. The Bertz CT molecular complexity index is 404. The molecule has 0 saturated carbocycles. The Morgan fingerprint density at radius 1 is 1.38 bits per heavy atom. The Morgan fingerprint density at radius 2 is 2.06 bits per heavy atom. The Hall–Kier alpha value is -1.71. The van der Waals surface area contributed by atoms with Crippen LogP contribution in [0.15, 0.2) is 24.3 Å². The van der Waals surface area contributed by atoms with Gasteiger partial charge in [0.25, 0.3) is 0 Å². The minimum Gasteiger partial charge on any atom is -0.312 e. The first-order valence-electron chi connectivity index (χ1n) is 5.10. The summed E-state index contributed by atoms with van der Waals surface area (Å²) in [6.45, 7) is 3.55. The van der Waals surface area contributed by atoms with Crippen molar-refractivity contribution in [3.8, 4) is 0 Å². The fourth-order valence-corrected chi connectivity index (χ4v) is 1.46. The van der Waals surface area contributed by atoms with Gasteiger partial charge in [-0.2, -0.15) is 0 Å². The van der Waals surface area contributed by atoms with Gasteiger partial charge in [-0.3, -0.25) is 9.59 Å². The van der Waals surface area contributed by atoms with Crippen LogP contribution in [0.2, 0.25) is 0 Å². The van der Waals surface area contributed by atoms with Gasteiger partial charge < -0.3 is 4.90 Å². The van der Waals surface area contributed by atoms with Crippen LogP contribution < -0.4 is 4.90 Å². The van der Waals surface area contributed by atoms with E-state index in [1.807, 2.05) is 0 Å². The standard InChI is InChI=1S/C12H14FNO2/c1-3-14(12(16)7-9(2)15)11-6-4-5-10(13)8-11/h4-6,8H,3,7H2,1-2H3. The number of amides is 1. The molecular weight excluding hydrogens is 209 g/mol. The fraction of sp³-hybridized carbons (Fsp3) is 0.333. The Kier molecular flexibility index (Phi) is 4.17. The zero-order valence-electron chi connectivity index (χ0n) is 9.37. The van der Waals surface area contributed by atoms with Gasteiger partial charge in [0.15, 0.2) is 0 Å². The number of nitrogens with zero attached hydrogens (tertiary/aromatic N) is 1. The number of benzene rings is 1. The molecule has 0 radical (unpaired) electrons. The highest BCUT2D eigenvalue weighted by molar-refractivity contribution is 6.04. The van der Waals surface area contributed by atoms with Crippen molar-refractivity contribution >= 4 is 17.4 Å². The number of hydrogen-bond donors (Lipinski definition) is 0. The van der Waals surface area contributed by atoms with Crippen LogP contribution in [0.25, 0.3) is 0 Å². The highest BCUT2D eigenvalue weighted by atomic mass is 19.1. The van der Waals surface area contributed by atoms with Crippen molar-refractivity contribution in [3.63, 3.8) is 0 Å². The van der Waals surface area contributed by atoms with E-state index in [-0.39, 0.29) is 18.1 Å². The van der Waals surface area contributed by atoms with Gasteiger partial charge in [0.1, 0.15) is 11.6 Å². The topological polar surface area (TPSA) is 37.4 Å². The van der Waals surface area contributed by atoms with Crippen molar-refractivity contribution < 1.29 is 14.0 Å². The van der Waals surface area contributed by atoms with Gasteiger partial charge in [0.05, 0.1) is 6.42 Å². The Labute approximate surface area is 93.9 Å². The molecule has 0 aromatic heterocycles. The van der Waals surface area contributed by atoms with E-state index in [1.54, 1.807) is 13.0 Å². The summed E-state index contributed by atoms with van der Waals surface area (Å²) < 4.78 is 13.0. The zero-order chi connectivity index (χ0) is 12.1. The van der Waals surface area contributed by atoms with E-state index >= 15 is 0 Å². The molecule has 0 bridgehead atoms. The second kappa shape index (κ2) is 5.39. The quantitative estimate of drug-likeness (QED) is 0.733. The number of carbonyl (C=O) groups excluding carboxylic acids is 2. The number of rotatable bonds is 4. The molecule has 1 aromatic carbocycles. The van der Waals surface area contributed by atoms with Crippen molar-refractivity contribution in [2.75, 3.05) is 11.4 Å². The fourth-order valence-electron chi connectivity index (χ4n) is 1.46. The van der Waals surface area contributed by atoms with Crippen molar-refractivity contribution in [1.29, 1.82) is 0 Å². The summed E-state index contributed by atoms with van der Waals surface area (Å²) >= 11 is 0. The van der Waals surface area contributed by atoms with Gasteiger partial charge in [-0.05, 0) is 32.0 Å². The summed E-state index contributed by atoms with van der Waals surface area (Å²) in [5.41, 5.74) is 0.480. The minimum absolute atomic E-state index is 0.148. The summed E-state index contributed by atoms with van der Waals surface area (Å²) in [5.74, 6) is -0.896. The average Bonchev–Trinajstić information content (AvgIpc) is 2.17. The third-order valence-corrected chi connectivity index (χ3v) is 2.14. The molecule has 1 rings (SSSR count). The van der Waals surface area contributed by atoms with Crippen molar-refractivity contribution in [2.24, 2.45) is 0 Å². The van der Waals surface area contributed by atoms with Crippen LogP contribution in [0.5, 0.6) is 0 Å². The van der Waals surface area contributed by atoms with E-state index in [2.05, 4.69) is 0 Å². The van der Waals surface area contributed by atoms with Crippen LogP contribution in [-0.2, 0) is 9.59 Å². The number of halogens is 1. The molecule has 0 atom stereocenters. The van der Waals surface area contributed by atoms with Crippen molar-refractivity contribution in [3.05, 3.63) is 30.1 Å². The lowest BCUT2D eigenvalue weighted by Crippen LogP contribution is -2.31. The molecule has 3 nitrogen and oxygen atoms in total. The monoisotopic (exact) mass is 223 g/mol. The van der Waals surface area contributed by atoms with Crippen LogP contribution in [0.1, 0.15) is 20.3 Å². The summed E-state index contributed by atoms with van der Waals surface area (Å²) in [4.78, 5) is 23.9. The molecule has 0 aliphatic rings. The van der Waals surface area contributed by atoms with Crippen LogP contribution in [0.4, 0.5) is 10.1 Å². The molecular formula is C12H14FNO2. The average molecular weight is 223 g/mol. The van der Waals surface area contributed by atoms with Crippen molar-refractivity contribution in [2.45, 2.75) is 20.3 Å². The van der Waals surface area contributed by atoms with Crippen LogP contribution in [-0.4, -0.2) is 18.2 Å². The third kappa shape index (κ3) is 3.15. The molecule has 0 saturated heterocycles. The zero-order valence-corrected chi connectivity index (χ0v) is 9.37. The predicted molar refractivity (Wildman–Crippen MR) is 59.7 cm³/mol. The lowest BCUT2D eigenvalue weighted by atomic mass is 10.2. The lowest BCUT2D eigenvalue weighted by Gasteiger charge is -2.20. The Balaban J connectivity index is 2.89. The SMILES string of the molecule is CCN(C(=O)CC(C)=O)c1cccc(F)c1. The normalized spacial score (nSPS) is 9.94. The van der Waals surface area contributed by atoms with Crippen molar-refractivity contribution in [1.82, 2.24) is 0 Å². The molecule has 86 valence electrons. The minimum atomic E-state index is -0.397. The van der Waals surface area contributed by atoms with Gasteiger partial charge >= 0.3 is 0 Å². The summed E-state index contributed by atoms with van der Waals surface area (Å²) in [6, 6.07) is 5.77. The van der Waals surface area contributed by atoms with Crippen LogP contribution >= 0.6 is 0 Å². The van der Waals surface area contributed by atoms with Crippen LogP contribution in [0.3, 0.4) is 0 Å². The second-order valence-corrected chi connectivity index (χ2v) is 3.50. The lowest BCUT2D eigenvalue weighted by molar-refractivity contribution is -0.125. The smallest absolute Gasteiger partial charge is 0.234 e.